The number of aryl methyl sites for hydroxylation is 2. The van der Waals surface area contributed by atoms with Gasteiger partial charge in [0.1, 0.15) is 0 Å². The van der Waals surface area contributed by atoms with E-state index in [-0.39, 0.29) is 0 Å². The Hall–Kier alpha value is -1.40. The third kappa shape index (κ3) is 2.71. The number of piperazine rings is 1. The minimum absolute atomic E-state index is 0.570. The number of thiazole rings is 1. The molecule has 1 aliphatic heterocycles. The van der Waals surface area contributed by atoms with Gasteiger partial charge in [0.2, 0.25) is 5.95 Å². The van der Waals surface area contributed by atoms with Gasteiger partial charge >= 0.3 is 0 Å². The molecule has 20 heavy (non-hydrogen) atoms. The quantitative estimate of drug-likeness (QED) is 0.853. The highest BCUT2D eigenvalue weighted by atomic mass is 35.5. The molecule has 3 heterocycles. The van der Waals surface area contributed by atoms with Crippen molar-refractivity contribution in [3.05, 3.63) is 28.0 Å². The van der Waals surface area contributed by atoms with E-state index in [9.17, 15) is 0 Å². The van der Waals surface area contributed by atoms with Gasteiger partial charge in [-0.15, -0.1) is 11.3 Å². The first kappa shape index (κ1) is 13.6. The van der Waals surface area contributed by atoms with Crippen LogP contribution in [0.1, 0.15) is 10.6 Å². The van der Waals surface area contributed by atoms with Crippen molar-refractivity contribution in [3.63, 3.8) is 0 Å². The summed E-state index contributed by atoms with van der Waals surface area (Å²) >= 11 is 7.58. The number of rotatable bonds is 2. The third-order valence-corrected chi connectivity index (χ3v) is 4.79. The zero-order valence-corrected chi connectivity index (χ0v) is 13.1. The van der Waals surface area contributed by atoms with Crippen molar-refractivity contribution in [2.45, 2.75) is 13.8 Å². The van der Waals surface area contributed by atoms with Crippen LogP contribution in [0.3, 0.4) is 0 Å². The molecule has 0 spiro atoms. The predicted molar refractivity (Wildman–Crippen MR) is 83.1 cm³/mol. The highest BCUT2D eigenvalue weighted by Gasteiger charge is 2.21. The molecular formula is C13H16ClN5S. The molecule has 0 amide bonds. The molecule has 1 aliphatic rings. The molecular weight excluding hydrogens is 294 g/mol. The standard InChI is InChI=1S/C13H16ClN5S/c1-9-10(2)20-13(17-9)19-5-3-18(4-6-19)12-15-7-11(14)8-16-12/h7-8H,3-6H2,1-2H3. The van der Waals surface area contributed by atoms with Crippen LogP contribution in [0.2, 0.25) is 5.02 Å². The molecule has 2 aromatic heterocycles. The van der Waals surface area contributed by atoms with E-state index >= 15 is 0 Å². The van der Waals surface area contributed by atoms with Gasteiger partial charge in [0, 0.05) is 31.1 Å². The van der Waals surface area contributed by atoms with Crippen molar-refractivity contribution in [2.24, 2.45) is 0 Å². The first-order valence-corrected chi connectivity index (χ1v) is 7.74. The molecule has 7 heteroatoms. The molecule has 0 N–H and O–H groups in total. The van der Waals surface area contributed by atoms with Crippen LogP contribution in [-0.2, 0) is 0 Å². The molecule has 3 rings (SSSR count). The summed E-state index contributed by atoms with van der Waals surface area (Å²) in [6, 6.07) is 0. The van der Waals surface area contributed by atoms with Crippen LogP contribution in [0, 0.1) is 13.8 Å². The highest BCUT2D eigenvalue weighted by Crippen LogP contribution is 2.26. The Morgan fingerprint density at radius 1 is 1.05 bits per heavy atom. The van der Waals surface area contributed by atoms with Gasteiger partial charge in [0.25, 0.3) is 0 Å². The molecule has 2 aromatic rings. The summed E-state index contributed by atoms with van der Waals surface area (Å²) < 4.78 is 0. The Labute approximate surface area is 127 Å². The first-order chi connectivity index (χ1) is 9.63. The lowest BCUT2D eigenvalue weighted by atomic mass is 10.3. The zero-order valence-electron chi connectivity index (χ0n) is 11.5. The van der Waals surface area contributed by atoms with Crippen molar-refractivity contribution >= 4 is 34.0 Å². The van der Waals surface area contributed by atoms with Crippen LogP contribution in [0.25, 0.3) is 0 Å². The molecule has 0 radical (unpaired) electrons. The summed E-state index contributed by atoms with van der Waals surface area (Å²) in [5.74, 6) is 0.751. The zero-order chi connectivity index (χ0) is 14.1. The number of nitrogens with zero attached hydrogens (tertiary/aromatic N) is 5. The fourth-order valence-corrected chi connectivity index (χ4v) is 3.22. The van der Waals surface area contributed by atoms with Gasteiger partial charge in [-0.1, -0.05) is 11.6 Å². The van der Waals surface area contributed by atoms with Crippen molar-refractivity contribution in [3.8, 4) is 0 Å². The summed E-state index contributed by atoms with van der Waals surface area (Å²) in [5.41, 5.74) is 1.13. The van der Waals surface area contributed by atoms with E-state index < -0.39 is 0 Å². The highest BCUT2D eigenvalue weighted by molar-refractivity contribution is 7.15. The second-order valence-electron chi connectivity index (χ2n) is 4.81. The molecule has 0 atom stereocenters. The normalized spacial score (nSPS) is 15.8. The Balaban J connectivity index is 1.66. The van der Waals surface area contributed by atoms with Gasteiger partial charge in [0.15, 0.2) is 5.13 Å². The fourth-order valence-electron chi connectivity index (χ4n) is 2.16. The minimum Gasteiger partial charge on any atom is -0.345 e. The molecule has 1 saturated heterocycles. The third-order valence-electron chi connectivity index (χ3n) is 3.46. The van der Waals surface area contributed by atoms with Crippen LogP contribution < -0.4 is 9.80 Å². The van der Waals surface area contributed by atoms with E-state index in [0.717, 1.165) is 43.0 Å². The van der Waals surface area contributed by atoms with Crippen molar-refractivity contribution in [1.29, 1.82) is 0 Å². The van der Waals surface area contributed by atoms with E-state index in [4.69, 9.17) is 11.6 Å². The molecule has 106 valence electrons. The SMILES string of the molecule is Cc1nc(N2CCN(c3ncc(Cl)cn3)CC2)sc1C. The second kappa shape index (κ2) is 5.54. The lowest BCUT2D eigenvalue weighted by Crippen LogP contribution is -2.47. The van der Waals surface area contributed by atoms with E-state index in [1.54, 1.807) is 23.7 Å². The molecule has 1 fully saturated rings. The minimum atomic E-state index is 0.570. The summed E-state index contributed by atoms with van der Waals surface area (Å²) in [6.45, 7) is 7.87. The van der Waals surface area contributed by atoms with Gasteiger partial charge in [-0.05, 0) is 13.8 Å². The molecule has 5 nitrogen and oxygen atoms in total. The lowest BCUT2D eigenvalue weighted by Gasteiger charge is -2.34. The number of hydrogen-bond donors (Lipinski definition) is 0. The van der Waals surface area contributed by atoms with Crippen LogP contribution in [0.4, 0.5) is 11.1 Å². The van der Waals surface area contributed by atoms with Gasteiger partial charge in [-0.25, -0.2) is 15.0 Å². The Morgan fingerprint density at radius 3 is 2.20 bits per heavy atom. The maximum atomic E-state index is 5.81. The summed E-state index contributed by atoms with van der Waals surface area (Å²) in [7, 11) is 0. The number of aromatic nitrogens is 3. The van der Waals surface area contributed by atoms with Gasteiger partial charge in [-0.2, -0.15) is 0 Å². The van der Waals surface area contributed by atoms with Gasteiger partial charge in [-0.3, -0.25) is 0 Å². The summed E-state index contributed by atoms with van der Waals surface area (Å²) in [5, 5.41) is 1.69. The number of hydrogen-bond acceptors (Lipinski definition) is 6. The average molecular weight is 310 g/mol. The first-order valence-electron chi connectivity index (χ1n) is 6.55. The smallest absolute Gasteiger partial charge is 0.225 e. The van der Waals surface area contributed by atoms with E-state index in [1.807, 2.05) is 0 Å². The molecule has 0 bridgehead atoms. The fraction of sp³-hybridized carbons (Fsp3) is 0.462. The van der Waals surface area contributed by atoms with E-state index in [2.05, 4.69) is 38.6 Å². The Kier molecular flexibility index (Phi) is 3.76. The van der Waals surface area contributed by atoms with E-state index in [1.165, 1.54) is 4.88 Å². The topological polar surface area (TPSA) is 45.2 Å². The monoisotopic (exact) mass is 309 g/mol. The maximum Gasteiger partial charge on any atom is 0.225 e. The Bertz CT molecular complexity index is 570. The number of anilines is 2. The van der Waals surface area contributed by atoms with E-state index in [0.29, 0.717) is 5.02 Å². The van der Waals surface area contributed by atoms with Gasteiger partial charge < -0.3 is 9.80 Å². The molecule has 0 aromatic carbocycles. The van der Waals surface area contributed by atoms with Crippen LogP contribution in [0.15, 0.2) is 12.4 Å². The molecule has 0 aliphatic carbocycles. The van der Waals surface area contributed by atoms with Crippen LogP contribution >= 0.6 is 22.9 Å². The average Bonchev–Trinajstić information content (AvgIpc) is 2.80. The summed E-state index contributed by atoms with van der Waals surface area (Å²) in [6.07, 6.45) is 3.29. The van der Waals surface area contributed by atoms with Crippen molar-refractivity contribution in [1.82, 2.24) is 15.0 Å². The van der Waals surface area contributed by atoms with Crippen LogP contribution in [0.5, 0.6) is 0 Å². The number of halogens is 1. The Morgan fingerprint density at radius 2 is 1.65 bits per heavy atom. The largest absolute Gasteiger partial charge is 0.345 e. The molecule has 0 saturated carbocycles. The lowest BCUT2D eigenvalue weighted by molar-refractivity contribution is 0.638. The maximum absolute atomic E-state index is 5.81. The van der Waals surface area contributed by atoms with Crippen molar-refractivity contribution in [2.75, 3.05) is 36.0 Å². The summed E-state index contributed by atoms with van der Waals surface area (Å²) in [4.78, 5) is 19.0. The van der Waals surface area contributed by atoms with Gasteiger partial charge in [0.05, 0.1) is 23.1 Å². The second-order valence-corrected chi connectivity index (χ2v) is 6.43. The van der Waals surface area contributed by atoms with Crippen molar-refractivity contribution < 1.29 is 0 Å². The van der Waals surface area contributed by atoms with Crippen LogP contribution in [-0.4, -0.2) is 41.1 Å². The predicted octanol–water partition coefficient (Wildman–Crippen LogP) is 2.53. The molecule has 0 unspecified atom stereocenters.